The van der Waals surface area contributed by atoms with Gasteiger partial charge in [0.05, 0.1) is 6.42 Å². The predicted octanol–water partition coefficient (Wildman–Crippen LogP) is 4.60. The number of halogens is 2. The molecule has 1 heterocycles. The van der Waals surface area contributed by atoms with Crippen LogP contribution in [-0.4, -0.2) is 40.6 Å². The maximum Gasteiger partial charge on any atom is 0.323 e. The summed E-state index contributed by atoms with van der Waals surface area (Å²) in [5, 5.41) is 9.27. The molecular formula is C28H27F2NO4. The molecule has 3 aromatic rings. The summed E-state index contributed by atoms with van der Waals surface area (Å²) in [5.74, 6) is -1.37. The molecular weight excluding hydrogens is 452 g/mol. The molecule has 0 saturated carbocycles. The smallest absolute Gasteiger partial charge is 0.323 e. The first kappa shape index (κ1) is 24.4. The van der Waals surface area contributed by atoms with Gasteiger partial charge in [0.1, 0.15) is 29.5 Å². The summed E-state index contributed by atoms with van der Waals surface area (Å²) in [6, 6.07) is 18.2. The van der Waals surface area contributed by atoms with Crippen molar-refractivity contribution in [3.05, 3.63) is 101 Å². The third-order valence-corrected chi connectivity index (χ3v) is 6.18. The van der Waals surface area contributed by atoms with E-state index < -0.39 is 18.1 Å². The quantitative estimate of drug-likeness (QED) is 0.487. The molecule has 1 aliphatic heterocycles. The van der Waals surface area contributed by atoms with Gasteiger partial charge in [0.25, 0.3) is 0 Å². The third-order valence-electron chi connectivity index (χ3n) is 6.18. The molecule has 0 radical (unpaired) electrons. The molecule has 0 fully saturated rings. The Bertz CT molecular complexity index is 1230. The molecule has 1 aliphatic rings. The van der Waals surface area contributed by atoms with Crippen LogP contribution in [0.25, 0.3) is 0 Å². The Hall–Kier alpha value is -3.74. The number of aliphatic carboxylic acids is 1. The SMILES string of the molecule is C[C@]1(Cc2ccc(F)cc2)Cc2cc(CC(=O)N(CCc3ccccc3F)CC(=O)O)ccc2O1. The van der Waals surface area contributed by atoms with Gasteiger partial charge >= 0.3 is 5.97 Å². The van der Waals surface area contributed by atoms with Crippen LogP contribution in [-0.2, 0) is 35.3 Å². The minimum Gasteiger partial charge on any atom is -0.487 e. The lowest BCUT2D eigenvalue weighted by Crippen LogP contribution is -2.38. The van der Waals surface area contributed by atoms with Gasteiger partial charge in [-0.25, -0.2) is 8.78 Å². The topological polar surface area (TPSA) is 66.8 Å². The van der Waals surface area contributed by atoms with E-state index in [-0.39, 0.29) is 36.9 Å². The summed E-state index contributed by atoms with van der Waals surface area (Å²) < 4.78 is 33.4. The van der Waals surface area contributed by atoms with Crippen molar-refractivity contribution in [1.29, 1.82) is 0 Å². The van der Waals surface area contributed by atoms with Gasteiger partial charge in [0, 0.05) is 19.4 Å². The van der Waals surface area contributed by atoms with Gasteiger partial charge in [-0.15, -0.1) is 0 Å². The van der Waals surface area contributed by atoms with Crippen molar-refractivity contribution in [1.82, 2.24) is 4.90 Å². The highest BCUT2D eigenvalue weighted by molar-refractivity contribution is 5.83. The zero-order valence-corrected chi connectivity index (χ0v) is 19.5. The van der Waals surface area contributed by atoms with Crippen molar-refractivity contribution in [3.63, 3.8) is 0 Å². The Labute approximate surface area is 203 Å². The number of hydrogen-bond donors (Lipinski definition) is 1. The van der Waals surface area contributed by atoms with E-state index in [0.29, 0.717) is 18.4 Å². The molecule has 4 rings (SSSR count). The van der Waals surface area contributed by atoms with E-state index in [4.69, 9.17) is 4.74 Å². The number of ether oxygens (including phenoxy) is 1. The number of benzene rings is 3. The van der Waals surface area contributed by atoms with Crippen LogP contribution >= 0.6 is 0 Å². The second-order valence-corrected chi connectivity index (χ2v) is 9.20. The minimum atomic E-state index is -1.12. The van der Waals surface area contributed by atoms with Crippen molar-refractivity contribution >= 4 is 11.9 Å². The van der Waals surface area contributed by atoms with Crippen LogP contribution < -0.4 is 4.74 Å². The molecule has 35 heavy (non-hydrogen) atoms. The van der Waals surface area contributed by atoms with Crippen molar-refractivity contribution in [2.75, 3.05) is 13.1 Å². The molecule has 0 spiro atoms. The first-order chi connectivity index (χ1) is 16.7. The molecule has 1 atom stereocenters. The highest BCUT2D eigenvalue weighted by atomic mass is 19.1. The van der Waals surface area contributed by atoms with Gasteiger partial charge in [0.2, 0.25) is 5.91 Å². The fourth-order valence-electron chi connectivity index (χ4n) is 4.52. The van der Waals surface area contributed by atoms with E-state index in [2.05, 4.69) is 0 Å². The number of fused-ring (bicyclic) bond motifs is 1. The summed E-state index contributed by atoms with van der Waals surface area (Å²) in [4.78, 5) is 25.5. The number of carbonyl (C=O) groups is 2. The van der Waals surface area contributed by atoms with Gasteiger partial charge in [-0.05, 0) is 59.9 Å². The monoisotopic (exact) mass is 479 g/mol. The van der Waals surface area contributed by atoms with Crippen molar-refractivity contribution in [2.24, 2.45) is 0 Å². The van der Waals surface area contributed by atoms with Crippen LogP contribution in [0.1, 0.15) is 29.2 Å². The van der Waals surface area contributed by atoms with Gasteiger partial charge in [-0.2, -0.15) is 0 Å². The molecule has 0 unspecified atom stereocenters. The largest absolute Gasteiger partial charge is 0.487 e. The standard InChI is InChI=1S/C28H27F2NO4/c1-28(16-19-6-9-23(29)10-7-19)17-22-14-20(8-11-25(22)35-28)15-26(32)31(18-27(33)34)13-12-21-4-2-3-5-24(21)30/h2-11,14H,12-13,15-18H2,1H3,(H,33,34)/t28-/m0/s1. The van der Waals surface area contributed by atoms with Crippen LogP contribution in [0.3, 0.4) is 0 Å². The Kier molecular flexibility index (Phi) is 7.15. The van der Waals surface area contributed by atoms with Crippen molar-refractivity contribution < 1.29 is 28.2 Å². The molecule has 182 valence electrons. The van der Waals surface area contributed by atoms with E-state index in [0.717, 1.165) is 22.4 Å². The highest BCUT2D eigenvalue weighted by Gasteiger charge is 2.35. The average molecular weight is 480 g/mol. The third kappa shape index (κ3) is 6.23. The number of carbonyl (C=O) groups excluding carboxylic acids is 1. The Morgan fingerprint density at radius 1 is 1.03 bits per heavy atom. The summed E-state index contributed by atoms with van der Waals surface area (Å²) >= 11 is 0. The zero-order valence-electron chi connectivity index (χ0n) is 19.5. The van der Waals surface area contributed by atoms with Crippen LogP contribution in [0.4, 0.5) is 8.78 Å². The van der Waals surface area contributed by atoms with Crippen LogP contribution in [0.5, 0.6) is 5.75 Å². The number of hydrogen-bond acceptors (Lipinski definition) is 3. The molecule has 0 bridgehead atoms. The van der Waals surface area contributed by atoms with Crippen LogP contribution in [0.2, 0.25) is 0 Å². The number of nitrogens with zero attached hydrogens (tertiary/aromatic N) is 1. The van der Waals surface area contributed by atoms with Crippen LogP contribution in [0.15, 0.2) is 66.7 Å². The Morgan fingerprint density at radius 2 is 1.74 bits per heavy atom. The second-order valence-electron chi connectivity index (χ2n) is 9.20. The number of carboxylic acid groups (broad SMARTS) is 1. The molecule has 0 aliphatic carbocycles. The van der Waals surface area contributed by atoms with Gasteiger partial charge in [0.15, 0.2) is 0 Å². The number of rotatable bonds is 9. The average Bonchev–Trinajstić information content (AvgIpc) is 3.14. The molecule has 3 aromatic carbocycles. The summed E-state index contributed by atoms with van der Waals surface area (Å²) in [6.45, 7) is 1.66. The first-order valence-electron chi connectivity index (χ1n) is 11.5. The number of amides is 1. The highest BCUT2D eigenvalue weighted by Crippen LogP contribution is 2.37. The molecule has 7 heteroatoms. The maximum atomic E-state index is 13.9. The lowest BCUT2D eigenvalue weighted by Gasteiger charge is -2.24. The molecule has 5 nitrogen and oxygen atoms in total. The summed E-state index contributed by atoms with van der Waals surface area (Å²) in [7, 11) is 0. The van der Waals surface area contributed by atoms with E-state index >= 15 is 0 Å². The summed E-state index contributed by atoms with van der Waals surface area (Å²) in [5.41, 5.74) is 2.64. The second kappa shape index (κ2) is 10.3. The Morgan fingerprint density at radius 3 is 2.46 bits per heavy atom. The molecule has 1 N–H and O–H groups in total. The molecule has 0 saturated heterocycles. The molecule has 0 aromatic heterocycles. The van der Waals surface area contributed by atoms with Crippen LogP contribution in [0, 0.1) is 11.6 Å². The van der Waals surface area contributed by atoms with E-state index in [1.54, 1.807) is 36.4 Å². The van der Waals surface area contributed by atoms with Crippen molar-refractivity contribution in [3.8, 4) is 5.75 Å². The maximum absolute atomic E-state index is 13.9. The fourth-order valence-corrected chi connectivity index (χ4v) is 4.52. The van der Waals surface area contributed by atoms with E-state index in [9.17, 15) is 23.5 Å². The predicted molar refractivity (Wildman–Crippen MR) is 127 cm³/mol. The lowest BCUT2D eigenvalue weighted by atomic mass is 9.91. The number of carboxylic acids is 1. The van der Waals surface area contributed by atoms with Gasteiger partial charge in [-0.1, -0.05) is 42.5 Å². The normalized spacial score (nSPS) is 16.4. The van der Waals surface area contributed by atoms with E-state index in [1.807, 2.05) is 19.1 Å². The fraction of sp³-hybridized carbons (Fsp3) is 0.286. The van der Waals surface area contributed by atoms with E-state index in [1.165, 1.54) is 23.1 Å². The van der Waals surface area contributed by atoms with Gasteiger partial charge < -0.3 is 14.7 Å². The first-order valence-corrected chi connectivity index (χ1v) is 11.5. The van der Waals surface area contributed by atoms with Crippen molar-refractivity contribution in [2.45, 2.75) is 38.2 Å². The Balaban J connectivity index is 1.42. The summed E-state index contributed by atoms with van der Waals surface area (Å²) in [6.07, 6.45) is 1.50. The minimum absolute atomic E-state index is 0.0342. The molecule has 1 amide bonds. The van der Waals surface area contributed by atoms with Gasteiger partial charge in [-0.3, -0.25) is 9.59 Å². The lowest BCUT2D eigenvalue weighted by molar-refractivity contribution is -0.144. The zero-order chi connectivity index (χ0) is 25.0.